The van der Waals surface area contributed by atoms with E-state index >= 15 is 0 Å². The van der Waals surface area contributed by atoms with Gasteiger partial charge in [0.2, 0.25) is 0 Å². The maximum Gasteiger partial charge on any atom is 0.257 e. The third-order valence-electron chi connectivity index (χ3n) is 3.73. The summed E-state index contributed by atoms with van der Waals surface area (Å²) in [4.78, 5) is 16.6. The minimum Gasteiger partial charge on any atom is -0.322 e. The Bertz CT molecular complexity index is 1090. The summed E-state index contributed by atoms with van der Waals surface area (Å²) in [6, 6.07) is 8.90. The molecular weight excluding hydrogens is 419 g/mol. The highest BCUT2D eigenvalue weighted by Gasteiger charge is 2.16. The van der Waals surface area contributed by atoms with Crippen LogP contribution in [0.3, 0.4) is 0 Å². The number of nitrogens with zero attached hydrogens (tertiary/aromatic N) is 1. The lowest BCUT2D eigenvalue weighted by molar-refractivity contribution is 0.102. The first-order valence-corrected chi connectivity index (χ1v) is 10.7. The lowest BCUT2D eigenvalue weighted by atomic mass is 10.1. The second-order valence-corrected chi connectivity index (χ2v) is 8.63. The molecule has 0 aliphatic carbocycles. The minimum atomic E-state index is -3.42. The molecule has 2 aromatic rings. The number of allylic oxidation sites excluding steroid dienone is 3. The molecule has 28 heavy (non-hydrogen) atoms. The molecule has 1 amide bonds. The summed E-state index contributed by atoms with van der Waals surface area (Å²) in [5.41, 5.74) is 1.78. The summed E-state index contributed by atoms with van der Waals surface area (Å²) in [5, 5.41) is 3.21. The number of halogens is 2. The normalized spacial score (nSPS) is 12.2. The Hall–Kier alpha value is -2.41. The Morgan fingerprint density at radius 1 is 1.11 bits per heavy atom. The van der Waals surface area contributed by atoms with Crippen molar-refractivity contribution in [3.05, 3.63) is 75.8 Å². The number of rotatable bonds is 6. The van der Waals surface area contributed by atoms with Crippen LogP contribution in [0.4, 0.5) is 5.69 Å². The SMILES string of the molecule is C=NC(=CC=CC)c1cc(NC(=O)c2ccc(S(C)(=O)=O)cc2Cl)ccc1Cl. The van der Waals surface area contributed by atoms with E-state index in [9.17, 15) is 13.2 Å². The van der Waals surface area contributed by atoms with Crippen molar-refractivity contribution in [1.82, 2.24) is 0 Å². The van der Waals surface area contributed by atoms with Gasteiger partial charge < -0.3 is 5.32 Å². The Morgan fingerprint density at radius 2 is 1.82 bits per heavy atom. The Kier molecular flexibility index (Phi) is 7.18. The number of anilines is 1. The van der Waals surface area contributed by atoms with E-state index in [0.29, 0.717) is 22.0 Å². The van der Waals surface area contributed by atoms with Gasteiger partial charge in [-0.15, -0.1) is 0 Å². The van der Waals surface area contributed by atoms with Crippen molar-refractivity contribution >= 4 is 57.0 Å². The number of hydrogen-bond acceptors (Lipinski definition) is 4. The topological polar surface area (TPSA) is 75.6 Å². The van der Waals surface area contributed by atoms with Crippen molar-refractivity contribution in [3.8, 4) is 0 Å². The van der Waals surface area contributed by atoms with Crippen LogP contribution in [0, 0.1) is 0 Å². The van der Waals surface area contributed by atoms with Crippen LogP contribution in [0.15, 0.2) is 64.5 Å². The van der Waals surface area contributed by atoms with E-state index in [0.717, 1.165) is 6.26 Å². The average molecular weight is 437 g/mol. The van der Waals surface area contributed by atoms with Crippen molar-refractivity contribution in [2.45, 2.75) is 11.8 Å². The fourth-order valence-corrected chi connectivity index (χ4v) is 3.52. The van der Waals surface area contributed by atoms with Gasteiger partial charge in [0.1, 0.15) is 0 Å². The molecule has 0 bridgehead atoms. The Morgan fingerprint density at radius 3 is 2.39 bits per heavy atom. The molecule has 0 atom stereocenters. The predicted molar refractivity (Wildman–Crippen MR) is 116 cm³/mol. The van der Waals surface area contributed by atoms with E-state index in [-0.39, 0.29) is 15.5 Å². The summed E-state index contributed by atoms with van der Waals surface area (Å²) in [7, 11) is -3.42. The molecule has 8 heteroatoms. The maximum atomic E-state index is 12.6. The van der Waals surface area contributed by atoms with Gasteiger partial charge in [-0.25, -0.2) is 8.42 Å². The van der Waals surface area contributed by atoms with Crippen LogP contribution < -0.4 is 5.32 Å². The molecule has 0 saturated heterocycles. The molecule has 0 unspecified atom stereocenters. The number of benzene rings is 2. The zero-order valence-corrected chi connectivity index (χ0v) is 17.6. The summed E-state index contributed by atoms with van der Waals surface area (Å²) in [6.07, 6.45) is 6.46. The van der Waals surface area contributed by atoms with E-state index in [1.54, 1.807) is 30.4 Å². The van der Waals surface area contributed by atoms with Crippen LogP contribution in [0.2, 0.25) is 10.0 Å². The van der Waals surface area contributed by atoms with Crippen LogP contribution >= 0.6 is 23.2 Å². The number of aliphatic imine (C=N–C) groups is 1. The molecular formula is C20H18Cl2N2O3S. The first-order valence-electron chi connectivity index (χ1n) is 8.08. The summed E-state index contributed by atoms with van der Waals surface area (Å²) in [5.74, 6) is -0.483. The number of amides is 1. The molecule has 0 radical (unpaired) electrons. The highest BCUT2D eigenvalue weighted by atomic mass is 35.5. The van der Waals surface area contributed by atoms with Gasteiger partial charge in [0.25, 0.3) is 5.91 Å². The summed E-state index contributed by atoms with van der Waals surface area (Å²) in [6.45, 7) is 5.41. The second-order valence-electron chi connectivity index (χ2n) is 5.80. The van der Waals surface area contributed by atoms with E-state index in [4.69, 9.17) is 23.2 Å². The summed E-state index contributed by atoms with van der Waals surface area (Å²) < 4.78 is 23.2. The zero-order valence-electron chi connectivity index (χ0n) is 15.2. The molecule has 5 nitrogen and oxygen atoms in total. The largest absolute Gasteiger partial charge is 0.322 e. The monoisotopic (exact) mass is 436 g/mol. The van der Waals surface area contributed by atoms with Crippen molar-refractivity contribution in [2.75, 3.05) is 11.6 Å². The first-order chi connectivity index (χ1) is 13.2. The van der Waals surface area contributed by atoms with Gasteiger partial charge in [0, 0.05) is 17.5 Å². The van der Waals surface area contributed by atoms with E-state index in [1.165, 1.54) is 18.2 Å². The van der Waals surface area contributed by atoms with Gasteiger partial charge in [-0.3, -0.25) is 9.79 Å². The predicted octanol–water partition coefficient (Wildman–Crippen LogP) is 5.27. The van der Waals surface area contributed by atoms with Gasteiger partial charge in [0.05, 0.1) is 26.2 Å². The molecule has 0 aromatic heterocycles. The quantitative estimate of drug-likeness (QED) is 0.494. The van der Waals surface area contributed by atoms with E-state index < -0.39 is 15.7 Å². The third kappa shape index (κ3) is 5.32. The van der Waals surface area contributed by atoms with Gasteiger partial charge in [-0.1, -0.05) is 35.4 Å². The highest BCUT2D eigenvalue weighted by molar-refractivity contribution is 7.90. The molecule has 0 aliphatic heterocycles. The van der Waals surface area contributed by atoms with Crippen molar-refractivity contribution in [3.63, 3.8) is 0 Å². The number of carbonyl (C=O) groups excluding carboxylic acids is 1. The minimum absolute atomic E-state index is 0.0380. The third-order valence-corrected chi connectivity index (χ3v) is 5.48. The fraction of sp³-hybridized carbons (Fsp3) is 0.100. The van der Waals surface area contributed by atoms with Gasteiger partial charge in [0.15, 0.2) is 9.84 Å². The summed E-state index contributed by atoms with van der Waals surface area (Å²) >= 11 is 12.3. The maximum absolute atomic E-state index is 12.6. The number of hydrogen-bond donors (Lipinski definition) is 1. The molecule has 0 aliphatic rings. The molecule has 0 saturated carbocycles. The van der Waals surface area contributed by atoms with Crippen LogP contribution in [0.25, 0.3) is 5.70 Å². The standard InChI is InChI=1S/C20H18Cl2N2O3S/c1-4-5-6-19(23-2)16-11-13(7-10-17(16)21)24-20(25)15-9-8-14(12-18(15)22)28(3,26)27/h4-12H,2H2,1,3H3,(H,24,25). The molecule has 2 rings (SSSR count). The molecule has 1 N–H and O–H groups in total. The van der Waals surface area contributed by atoms with Gasteiger partial charge in [-0.05, 0) is 56.1 Å². The Labute approximate surface area is 174 Å². The van der Waals surface area contributed by atoms with Crippen LogP contribution in [-0.4, -0.2) is 27.3 Å². The van der Waals surface area contributed by atoms with Crippen LogP contribution in [0.5, 0.6) is 0 Å². The molecule has 146 valence electrons. The van der Waals surface area contributed by atoms with Crippen molar-refractivity contribution in [2.24, 2.45) is 4.99 Å². The zero-order chi connectivity index (χ0) is 20.9. The molecule has 0 fully saturated rings. The van der Waals surface area contributed by atoms with Gasteiger partial charge in [-0.2, -0.15) is 0 Å². The molecule has 0 heterocycles. The number of sulfone groups is 1. The van der Waals surface area contributed by atoms with Crippen LogP contribution in [-0.2, 0) is 9.84 Å². The molecule has 0 spiro atoms. The first kappa shape index (κ1) is 21.9. The van der Waals surface area contributed by atoms with E-state index in [1.807, 2.05) is 13.0 Å². The lowest BCUT2D eigenvalue weighted by Gasteiger charge is -2.11. The fourth-order valence-electron chi connectivity index (χ4n) is 2.32. The van der Waals surface area contributed by atoms with Crippen LogP contribution in [0.1, 0.15) is 22.8 Å². The molecule has 2 aromatic carbocycles. The average Bonchev–Trinajstić information content (AvgIpc) is 2.63. The highest BCUT2D eigenvalue weighted by Crippen LogP contribution is 2.29. The number of carbonyl (C=O) groups is 1. The lowest BCUT2D eigenvalue weighted by Crippen LogP contribution is -2.13. The van der Waals surface area contributed by atoms with E-state index in [2.05, 4.69) is 17.0 Å². The Balaban J connectivity index is 2.35. The van der Waals surface area contributed by atoms with Crippen molar-refractivity contribution in [1.29, 1.82) is 0 Å². The second kappa shape index (κ2) is 9.19. The number of nitrogens with one attached hydrogen (secondary N) is 1. The van der Waals surface area contributed by atoms with Gasteiger partial charge >= 0.3 is 0 Å². The van der Waals surface area contributed by atoms with Crippen molar-refractivity contribution < 1.29 is 13.2 Å². The smallest absolute Gasteiger partial charge is 0.257 e.